The van der Waals surface area contributed by atoms with E-state index in [0.29, 0.717) is 37.2 Å². The molecule has 1 aliphatic heterocycles. The van der Waals surface area contributed by atoms with Gasteiger partial charge in [0.15, 0.2) is 0 Å². The van der Waals surface area contributed by atoms with Gasteiger partial charge < -0.3 is 25.3 Å². The highest BCUT2D eigenvalue weighted by atomic mass is 19.4. The van der Waals surface area contributed by atoms with Crippen molar-refractivity contribution in [3.05, 3.63) is 41.6 Å². The Morgan fingerprint density at radius 3 is 2.32 bits per heavy atom. The van der Waals surface area contributed by atoms with Gasteiger partial charge in [-0.25, -0.2) is 4.98 Å². The zero-order chi connectivity index (χ0) is 26.7. The minimum absolute atomic E-state index is 0. The number of piperazine rings is 1. The summed E-state index contributed by atoms with van der Waals surface area (Å²) in [7, 11) is 5.28. The number of likely N-dealkylation sites (N-methyl/N-ethyl adjacent to an activating group) is 1. The Hall–Kier alpha value is -3.41. The monoisotopic (exact) mass is 535 g/mol. The van der Waals surface area contributed by atoms with Crippen LogP contribution in [-0.2, 0) is 11.0 Å². The molecule has 1 aromatic heterocycles. The maximum absolute atomic E-state index is 13.7. The van der Waals surface area contributed by atoms with Gasteiger partial charge in [0.1, 0.15) is 11.4 Å². The van der Waals surface area contributed by atoms with E-state index in [0.717, 1.165) is 25.7 Å². The van der Waals surface area contributed by atoms with E-state index in [2.05, 4.69) is 25.5 Å². The van der Waals surface area contributed by atoms with Gasteiger partial charge >= 0.3 is 6.18 Å². The summed E-state index contributed by atoms with van der Waals surface area (Å²) in [6.07, 6.45) is -2.02. The molecular weight excluding hydrogens is 499 g/mol. The van der Waals surface area contributed by atoms with E-state index in [1.807, 2.05) is 7.05 Å². The second-order valence-electron chi connectivity index (χ2n) is 9.77. The summed E-state index contributed by atoms with van der Waals surface area (Å²) < 4.78 is 41.1. The summed E-state index contributed by atoms with van der Waals surface area (Å²) in [5.41, 5.74) is 0.0694. The number of aromatic nitrogens is 2. The first kappa shape index (κ1) is 29.2. The molecule has 0 bridgehead atoms. The summed E-state index contributed by atoms with van der Waals surface area (Å²) in [6.45, 7) is 2.95. The van der Waals surface area contributed by atoms with Crippen LogP contribution in [0, 0.1) is 5.92 Å². The van der Waals surface area contributed by atoms with Gasteiger partial charge in [0, 0.05) is 63.8 Å². The molecule has 1 aliphatic carbocycles. The van der Waals surface area contributed by atoms with Gasteiger partial charge in [0.25, 0.3) is 5.91 Å². The molecule has 4 rings (SSSR count). The summed E-state index contributed by atoms with van der Waals surface area (Å²) in [6, 6.07) is 6.21. The maximum atomic E-state index is 13.7. The molecule has 1 saturated heterocycles. The van der Waals surface area contributed by atoms with Crippen LogP contribution in [0.5, 0.6) is 0 Å². The summed E-state index contributed by atoms with van der Waals surface area (Å²) in [5.74, 6) is -0.997. The molecule has 1 aromatic carbocycles. The first-order valence-electron chi connectivity index (χ1n) is 12.3. The van der Waals surface area contributed by atoms with Crippen molar-refractivity contribution in [3.63, 3.8) is 0 Å². The van der Waals surface area contributed by atoms with Crippen molar-refractivity contribution in [2.24, 2.45) is 5.92 Å². The molecule has 38 heavy (non-hydrogen) atoms. The third-order valence-corrected chi connectivity index (χ3v) is 6.87. The zero-order valence-corrected chi connectivity index (χ0v) is 21.2. The predicted octanol–water partition coefficient (Wildman–Crippen LogP) is 3.93. The number of carbonyl (C=O) groups is 2. The van der Waals surface area contributed by atoms with E-state index >= 15 is 0 Å². The van der Waals surface area contributed by atoms with Gasteiger partial charge in [-0.2, -0.15) is 18.2 Å². The van der Waals surface area contributed by atoms with E-state index in [1.54, 1.807) is 43.3 Å². The molecule has 0 radical (unpaired) electrons. The Balaban J connectivity index is 0.00000400. The lowest BCUT2D eigenvalue weighted by Crippen LogP contribution is -2.47. The third kappa shape index (κ3) is 6.72. The fourth-order valence-corrected chi connectivity index (χ4v) is 4.71. The van der Waals surface area contributed by atoms with Gasteiger partial charge in [0.2, 0.25) is 11.9 Å². The van der Waals surface area contributed by atoms with Crippen molar-refractivity contribution in [2.45, 2.75) is 38.9 Å². The SMILES string of the molecule is C.CN1CCN(C(=O)c2ccc(Nc3ncc(C(F)(F)F)c(N[C@@H]4CCC[C@@H]4C(=O)N(C)C)n3)cc2)CC1. The minimum Gasteiger partial charge on any atom is -0.366 e. The van der Waals surface area contributed by atoms with Crippen LogP contribution in [-0.4, -0.2) is 89.8 Å². The van der Waals surface area contributed by atoms with E-state index < -0.39 is 23.7 Å². The van der Waals surface area contributed by atoms with Gasteiger partial charge in [-0.3, -0.25) is 9.59 Å². The zero-order valence-electron chi connectivity index (χ0n) is 21.2. The van der Waals surface area contributed by atoms with Crippen molar-refractivity contribution < 1.29 is 22.8 Å². The number of hydrogen-bond acceptors (Lipinski definition) is 7. The molecular formula is C26H36F3N7O2. The quantitative estimate of drug-likeness (QED) is 0.579. The van der Waals surface area contributed by atoms with Crippen molar-refractivity contribution >= 4 is 29.3 Å². The molecule has 2 aliphatic rings. The topological polar surface area (TPSA) is 93.7 Å². The molecule has 2 atom stereocenters. The lowest BCUT2D eigenvalue weighted by molar-refractivity contribution is -0.137. The molecule has 2 heterocycles. The fraction of sp³-hybridized carbons (Fsp3) is 0.538. The van der Waals surface area contributed by atoms with Crippen LogP contribution in [0.25, 0.3) is 0 Å². The Labute approximate surface area is 221 Å². The number of rotatable bonds is 6. The van der Waals surface area contributed by atoms with E-state index in [9.17, 15) is 22.8 Å². The maximum Gasteiger partial charge on any atom is 0.421 e. The third-order valence-electron chi connectivity index (χ3n) is 6.87. The Kier molecular flexibility index (Phi) is 9.18. The van der Waals surface area contributed by atoms with Crippen LogP contribution >= 0.6 is 0 Å². The van der Waals surface area contributed by atoms with Gasteiger partial charge in [0.05, 0.1) is 5.92 Å². The smallest absolute Gasteiger partial charge is 0.366 e. The summed E-state index contributed by atoms with van der Waals surface area (Å²) >= 11 is 0. The summed E-state index contributed by atoms with van der Waals surface area (Å²) in [4.78, 5) is 38.7. The molecule has 0 spiro atoms. The number of nitrogens with one attached hydrogen (secondary N) is 2. The number of hydrogen-bond donors (Lipinski definition) is 2. The molecule has 0 unspecified atom stereocenters. The summed E-state index contributed by atoms with van der Waals surface area (Å²) in [5, 5.41) is 5.79. The highest BCUT2D eigenvalue weighted by Gasteiger charge is 2.39. The number of amides is 2. The first-order chi connectivity index (χ1) is 17.5. The van der Waals surface area contributed by atoms with Gasteiger partial charge in [-0.15, -0.1) is 0 Å². The molecule has 1 saturated carbocycles. The van der Waals surface area contributed by atoms with Crippen molar-refractivity contribution in [2.75, 3.05) is 58.0 Å². The van der Waals surface area contributed by atoms with E-state index in [1.165, 1.54) is 4.90 Å². The minimum atomic E-state index is -4.66. The van der Waals surface area contributed by atoms with Gasteiger partial charge in [-0.05, 0) is 44.2 Å². The van der Waals surface area contributed by atoms with Crippen molar-refractivity contribution in [1.82, 2.24) is 24.7 Å². The van der Waals surface area contributed by atoms with Crippen molar-refractivity contribution in [3.8, 4) is 0 Å². The van der Waals surface area contributed by atoms with Crippen LogP contribution in [0.2, 0.25) is 0 Å². The number of nitrogens with zero attached hydrogens (tertiary/aromatic N) is 5. The standard InChI is InChI=1S/C25H32F3N7O2.CH4/c1-33(2)23(37)18-5-4-6-20(18)31-21-19(25(26,27)28)15-29-24(32-21)30-17-9-7-16(8-10-17)22(36)35-13-11-34(3)12-14-35;/h7-10,15,18,20H,4-6,11-14H2,1-3H3,(H2,29,30,31,32);1H4/t18-,20+;/m0./s1. The molecule has 2 fully saturated rings. The van der Waals surface area contributed by atoms with Gasteiger partial charge in [-0.1, -0.05) is 13.8 Å². The van der Waals surface area contributed by atoms with Crippen LogP contribution in [0.15, 0.2) is 30.5 Å². The molecule has 12 heteroatoms. The average Bonchev–Trinajstić information content (AvgIpc) is 3.31. The molecule has 2 aromatic rings. The van der Waals surface area contributed by atoms with E-state index in [4.69, 9.17) is 0 Å². The first-order valence-corrected chi connectivity index (χ1v) is 12.3. The number of alkyl halides is 3. The molecule has 2 N–H and O–H groups in total. The molecule has 9 nitrogen and oxygen atoms in total. The second-order valence-corrected chi connectivity index (χ2v) is 9.77. The molecule has 208 valence electrons. The number of carbonyl (C=O) groups excluding carboxylic acids is 2. The van der Waals surface area contributed by atoms with Crippen LogP contribution in [0.1, 0.15) is 42.6 Å². The highest BCUT2D eigenvalue weighted by Crippen LogP contribution is 2.37. The highest BCUT2D eigenvalue weighted by molar-refractivity contribution is 5.94. The van der Waals surface area contributed by atoms with Crippen molar-refractivity contribution in [1.29, 1.82) is 0 Å². The fourth-order valence-electron chi connectivity index (χ4n) is 4.71. The van der Waals surface area contributed by atoms with Crippen LogP contribution in [0.3, 0.4) is 0 Å². The van der Waals surface area contributed by atoms with Crippen LogP contribution in [0.4, 0.5) is 30.6 Å². The largest absolute Gasteiger partial charge is 0.421 e. The van der Waals surface area contributed by atoms with E-state index in [-0.39, 0.29) is 31.0 Å². The number of benzene rings is 1. The number of anilines is 3. The Morgan fingerprint density at radius 2 is 1.71 bits per heavy atom. The lowest BCUT2D eigenvalue weighted by Gasteiger charge is -2.32. The second kappa shape index (κ2) is 12.0. The Bertz CT molecular complexity index is 1120. The number of halogens is 3. The van der Waals surface area contributed by atoms with Crippen LogP contribution < -0.4 is 10.6 Å². The predicted molar refractivity (Wildman–Crippen MR) is 140 cm³/mol. The normalized spacial score (nSPS) is 20.0. The molecule has 2 amide bonds. The Morgan fingerprint density at radius 1 is 1.05 bits per heavy atom. The lowest BCUT2D eigenvalue weighted by atomic mass is 10.0. The average molecular weight is 536 g/mol.